The molecule has 142 valence electrons. The Balaban J connectivity index is 1.71. The number of benzene rings is 2. The SMILES string of the molecule is CCOc1ccc(/C=N/NC(=O)c2cc(-c3ccc(F)cc3)nc(=O)[nH]2)cc1. The maximum atomic E-state index is 13.1. The lowest BCUT2D eigenvalue weighted by molar-refractivity contribution is 0.0949. The molecule has 0 aliphatic heterocycles. The summed E-state index contributed by atoms with van der Waals surface area (Å²) >= 11 is 0. The molecule has 3 rings (SSSR count). The highest BCUT2D eigenvalue weighted by Crippen LogP contribution is 2.16. The Morgan fingerprint density at radius 1 is 1.21 bits per heavy atom. The minimum Gasteiger partial charge on any atom is -0.494 e. The molecule has 2 N–H and O–H groups in total. The summed E-state index contributed by atoms with van der Waals surface area (Å²) in [5.41, 5.74) is 3.17. The molecule has 3 aromatic rings. The molecule has 0 spiro atoms. The molecule has 28 heavy (non-hydrogen) atoms. The van der Waals surface area contributed by atoms with E-state index >= 15 is 0 Å². The molecule has 0 atom stereocenters. The Morgan fingerprint density at radius 2 is 1.93 bits per heavy atom. The quantitative estimate of drug-likeness (QED) is 0.508. The highest BCUT2D eigenvalue weighted by atomic mass is 19.1. The van der Waals surface area contributed by atoms with Crippen LogP contribution in [0.15, 0.2) is 64.5 Å². The minimum absolute atomic E-state index is 0.0110. The number of hydrogen-bond donors (Lipinski definition) is 2. The van der Waals surface area contributed by atoms with Crippen molar-refractivity contribution in [2.45, 2.75) is 6.92 Å². The van der Waals surface area contributed by atoms with Crippen molar-refractivity contribution in [3.05, 3.63) is 82.2 Å². The second-order valence-corrected chi connectivity index (χ2v) is 5.69. The molecule has 1 amide bonds. The van der Waals surface area contributed by atoms with Crippen molar-refractivity contribution in [2.75, 3.05) is 6.61 Å². The molecule has 1 aromatic heterocycles. The first-order valence-electron chi connectivity index (χ1n) is 8.48. The van der Waals surface area contributed by atoms with Gasteiger partial charge in [0.25, 0.3) is 5.91 Å². The summed E-state index contributed by atoms with van der Waals surface area (Å²) in [4.78, 5) is 30.2. The van der Waals surface area contributed by atoms with Gasteiger partial charge in [0.15, 0.2) is 0 Å². The molecule has 0 saturated heterocycles. The molecule has 0 unspecified atom stereocenters. The topological polar surface area (TPSA) is 96.4 Å². The summed E-state index contributed by atoms with van der Waals surface area (Å²) in [6.07, 6.45) is 1.47. The predicted molar refractivity (Wildman–Crippen MR) is 103 cm³/mol. The Kier molecular flexibility index (Phi) is 5.91. The third kappa shape index (κ3) is 4.88. The molecule has 8 heteroatoms. The van der Waals surface area contributed by atoms with Crippen LogP contribution >= 0.6 is 0 Å². The third-order valence-corrected chi connectivity index (χ3v) is 3.70. The zero-order valence-corrected chi connectivity index (χ0v) is 15.0. The lowest BCUT2D eigenvalue weighted by Crippen LogP contribution is -2.24. The number of amides is 1. The molecule has 0 aliphatic carbocycles. The van der Waals surface area contributed by atoms with Crippen molar-refractivity contribution >= 4 is 12.1 Å². The van der Waals surface area contributed by atoms with Gasteiger partial charge in [0.1, 0.15) is 17.3 Å². The molecule has 2 aromatic carbocycles. The molecule has 0 aliphatic rings. The van der Waals surface area contributed by atoms with Crippen LogP contribution in [-0.2, 0) is 0 Å². The lowest BCUT2D eigenvalue weighted by atomic mass is 10.1. The van der Waals surface area contributed by atoms with Crippen LogP contribution in [-0.4, -0.2) is 28.7 Å². The number of carbonyl (C=O) groups is 1. The predicted octanol–water partition coefficient (Wildman–Crippen LogP) is 2.74. The zero-order chi connectivity index (χ0) is 19.9. The van der Waals surface area contributed by atoms with Gasteiger partial charge in [0.2, 0.25) is 0 Å². The van der Waals surface area contributed by atoms with Crippen molar-refractivity contribution in [1.82, 2.24) is 15.4 Å². The van der Waals surface area contributed by atoms with Gasteiger partial charge in [-0.1, -0.05) is 0 Å². The van der Waals surface area contributed by atoms with Gasteiger partial charge >= 0.3 is 5.69 Å². The van der Waals surface area contributed by atoms with E-state index in [0.717, 1.165) is 11.3 Å². The van der Waals surface area contributed by atoms with E-state index < -0.39 is 17.4 Å². The van der Waals surface area contributed by atoms with Crippen molar-refractivity contribution in [3.8, 4) is 17.0 Å². The second kappa shape index (κ2) is 8.72. The zero-order valence-electron chi connectivity index (χ0n) is 15.0. The molecule has 1 heterocycles. The van der Waals surface area contributed by atoms with Crippen molar-refractivity contribution in [1.29, 1.82) is 0 Å². The monoisotopic (exact) mass is 380 g/mol. The molecular weight excluding hydrogens is 363 g/mol. The van der Waals surface area contributed by atoms with Crippen LogP contribution in [0.2, 0.25) is 0 Å². The number of nitrogens with zero attached hydrogens (tertiary/aromatic N) is 2. The summed E-state index contributed by atoms with van der Waals surface area (Å²) in [6, 6.07) is 14.0. The number of hydrazone groups is 1. The van der Waals surface area contributed by atoms with Gasteiger partial charge in [0, 0.05) is 5.56 Å². The van der Waals surface area contributed by atoms with E-state index in [1.165, 1.54) is 36.5 Å². The van der Waals surface area contributed by atoms with Gasteiger partial charge in [0.05, 0.1) is 18.5 Å². The average Bonchev–Trinajstić information content (AvgIpc) is 2.69. The minimum atomic E-state index is -0.692. The molecule has 0 fully saturated rings. The maximum absolute atomic E-state index is 13.1. The van der Waals surface area contributed by atoms with Gasteiger partial charge in [-0.15, -0.1) is 0 Å². The van der Waals surface area contributed by atoms with Gasteiger partial charge < -0.3 is 9.72 Å². The van der Waals surface area contributed by atoms with Crippen molar-refractivity contribution in [2.24, 2.45) is 5.10 Å². The molecular formula is C20H17FN4O3. The summed E-state index contributed by atoms with van der Waals surface area (Å²) in [5.74, 6) is -0.272. The Hall–Kier alpha value is -3.81. The highest BCUT2D eigenvalue weighted by Gasteiger charge is 2.10. The van der Waals surface area contributed by atoms with E-state index in [-0.39, 0.29) is 11.4 Å². The molecule has 0 radical (unpaired) electrons. The number of halogens is 1. The number of H-pyrrole nitrogens is 1. The third-order valence-electron chi connectivity index (χ3n) is 3.70. The van der Waals surface area contributed by atoms with Gasteiger partial charge in [-0.3, -0.25) is 4.79 Å². The summed E-state index contributed by atoms with van der Waals surface area (Å²) in [5, 5.41) is 3.88. The normalized spacial score (nSPS) is 10.8. The van der Waals surface area contributed by atoms with Crippen LogP contribution in [0, 0.1) is 5.82 Å². The molecule has 7 nitrogen and oxygen atoms in total. The number of aromatic nitrogens is 2. The summed E-state index contributed by atoms with van der Waals surface area (Å²) < 4.78 is 18.4. The van der Waals surface area contributed by atoms with Crippen LogP contribution in [0.25, 0.3) is 11.3 Å². The fourth-order valence-corrected chi connectivity index (χ4v) is 2.39. The van der Waals surface area contributed by atoms with E-state index in [1.54, 1.807) is 24.3 Å². The van der Waals surface area contributed by atoms with Crippen LogP contribution in [0.5, 0.6) is 5.75 Å². The fraction of sp³-hybridized carbons (Fsp3) is 0.100. The van der Waals surface area contributed by atoms with Crippen LogP contribution < -0.4 is 15.9 Å². The number of ether oxygens (including phenoxy) is 1. The summed E-state index contributed by atoms with van der Waals surface area (Å²) in [6.45, 7) is 2.48. The number of carbonyl (C=O) groups excluding carboxylic acids is 1. The number of aromatic amines is 1. The molecule has 0 bridgehead atoms. The standard InChI is InChI=1S/C20H17FN4O3/c1-2-28-16-9-3-13(4-10-16)12-22-25-19(26)18-11-17(23-20(27)24-18)14-5-7-15(21)8-6-14/h3-12H,2H2,1H3,(H,25,26)(H,23,24,27)/b22-12+. The van der Waals surface area contributed by atoms with Gasteiger partial charge in [-0.25, -0.2) is 14.6 Å². The van der Waals surface area contributed by atoms with E-state index in [4.69, 9.17) is 4.74 Å². The number of hydrogen-bond acceptors (Lipinski definition) is 5. The van der Waals surface area contributed by atoms with E-state index in [9.17, 15) is 14.0 Å². The number of rotatable bonds is 6. The summed E-state index contributed by atoms with van der Waals surface area (Å²) in [7, 11) is 0. The fourth-order valence-electron chi connectivity index (χ4n) is 2.39. The van der Waals surface area contributed by atoms with Crippen LogP contribution in [0.1, 0.15) is 23.0 Å². The average molecular weight is 380 g/mol. The first-order chi connectivity index (χ1) is 13.5. The van der Waals surface area contributed by atoms with Crippen LogP contribution in [0.3, 0.4) is 0 Å². The Bertz CT molecular complexity index is 1040. The van der Waals surface area contributed by atoms with E-state index in [2.05, 4.69) is 20.5 Å². The first-order valence-corrected chi connectivity index (χ1v) is 8.48. The number of nitrogens with one attached hydrogen (secondary N) is 2. The van der Waals surface area contributed by atoms with Crippen LogP contribution in [0.4, 0.5) is 4.39 Å². The Morgan fingerprint density at radius 3 is 2.61 bits per heavy atom. The smallest absolute Gasteiger partial charge is 0.346 e. The van der Waals surface area contributed by atoms with Crippen molar-refractivity contribution in [3.63, 3.8) is 0 Å². The highest BCUT2D eigenvalue weighted by molar-refractivity contribution is 5.93. The first kappa shape index (κ1) is 19.0. The Labute approximate surface area is 159 Å². The molecule has 0 saturated carbocycles. The largest absolute Gasteiger partial charge is 0.494 e. The second-order valence-electron chi connectivity index (χ2n) is 5.69. The van der Waals surface area contributed by atoms with E-state index in [0.29, 0.717) is 12.2 Å². The van der Waals surface area contributed by atoms with Gasteiger partial charge in [-0.05, 0) is 67.1 Å². The maximum Gasteiger partial charge on any atom is 0.346 e. The van der Waals surface area contributed by atoms with E-state index in [1.807, 2.05) is 6.92 Å². The van der Waals surface area contributed by atoms with Gasteiger partial charge in [-0.2, -0.15) is 10.1 Å². The van der Waals surface area contributed by atoms with Crippen molar-refractivity contribution < 1.29 is 13.9 Å². The lowest BCUT2D eigenvalue weighted by Gasteiger charge is -2.04.